The van der Waals surface area contributed by atoms with Gasteiger partial charge in [0.25, 0.3) is 0 Å². The van der Waals surface area contributed by atoms with Crippen molar-refractivity contribution in [2.45, 2.75) is 0 Å². The molecule has 17 aromatic rings. The second-order valence-corrected chi connectivity index (χ2v) is 21.7. The lowest BCUT2D eigenvalue weighted by Gasteiger charge is -2.18. The molecule has 0 N–H and O–H groups in total. The lowest BCUT2D eigenvalue weighted by Crippen LogP contribution is -2.10. The highest BCUT2D eigenvalue weighted by molar-refractivity contribution is 7.26. The van der Waals surface area contributed by atoms with Crippen LogP contribution in [0.3, 0.4) is 0 Å². The van der Waals surface area contributed by atoms with Crippen LogP contribution in [-0.4, -0.2) is 23.7 Å². The molecular weight excluding hydrogens is 911 g/mol. The van der Waals surface area contributed by atoms with E-state index >= 15 is 0 Å². The molecular formula is C62H33N5S3. The summed E-state index contributed by atoms with van der Waals surface area (Å²) in [4.78, 5) is 11.9. The van der Waals surface area contributed by atoms with Gasteiger partial charge in [0.15, 0.2) is 11.6 Å². The summed E-state index contributed by atoms with van der Waals surface area (Å²) in [6.07, 6.45) is 0. The van der Waals surface area contributed by atoms with Gasteiger partial charge in [-0.05, 0) is 84.9 Å². The first-order valence-corrected chi connectivity index (χ1v) is 26.0. The van der Waals surface area contributed by atoms with E-state index in [9.17, 15) is 0 Å². The van der Waals surface area contributed by atoms with Crippen molar-refractivity contribution in [2.24, 2.45) is 0 Å². The summed E-state index contributed by atoms with van der Waals surface area (Å²) in [6, 6.07) is 73.7. The van der Waals surface area contributed by atoms with Crippen LogP contribution in [0.25, 0.3) is 154 Å². The fourth-order valence-electron chi connectivity index (χ4n) is 11.8. The van der Waals surface area contributed by atoms with E-state index in [0.717, 1.165) is 61.5 Å². The Balaban J connectivity index is 1.04. The average Bonchev–Trinajstić information content (AvgIpc) is 4.25. The Hall–Kier alpha value is -8.40. The van der Waals surface area contributed by atoms with Crippen LogP contribution in [-0.2, 0) is 0 Å². The van der Waals surface area contributed by atoms with Gasteiger partial charge in [0.2, 0.25) is 0 Å². The third-order valence-corrected chi connectivity index (χ3v) is 18.2. The maximum Gasteiger partial charge on any atom is 0.182 e. The highest BCUT2D eigenvalue weighted by Crippen LogP contribution is 2.46. The van der Waals surface area contributed by atoms with Crippen LogP contribution >= 0.6 is 34.0 Å². The Kier molecular flexibility index (Phi) is 7.32. The molecule has 5 nitrogen and oxygen atoms in total. The van der Waals surface area contributed by atoms with Crippen molar-refractivity contribution < 1.29 is 0 Å². The van der Waals surface area contributed by atoms with Crippen LogP contribution in [0.1, 0.15) is 0 Å². The number of fused-ring (bicyclic) bond motifs is 19. The molecule has 17 rings (SSSR count). The molecule has 70 heavy (non-hydrogen) atoms. The summed E-state index contributed by atoms with van der Waals surface area (Å²) >= 11 is 5.56. The zero-order valence-electron chi connectivity index (χ0n) is 37.0. The molecule has 0 aliphatic carbocycles. The zero-order chi connectivity index (χ0) is 45.3. The van der Waals surface area contributed by atoms with Gasteiger partial charge in [-0.3, -0.25) is 9.13 Å². The van der Waals surface area contributed by atoms with Gasteiger partial charge in [0.1, 0.15) is 5.52 Å². The molecule has 0 aliphatic heterocycles. The predicted octanol–water partition coefficient (Wildman–Crippen LogP) is 18.0. The van der Waals surface area contributed by atoms with Crippen LogP contribution in [0.2, 0.25) is 0 Å². The smallest absolute Gasteiger partial charge is 0.182 e. The molecule has 0 amide bonds. The largest absolute Gasteiger partial charge is 0.307 e. The summed E-state index contributed by atoms with van der Waals surface area (Å²) in [5, 5.41) is 14.9. The first kappa shape index (κ1) is 37.6. The lowest BCUT2D eigenvalue weighted by atomic mass is 10.1. The zero-order valence-corrected chi connectivity index (χ0v) is 39.5. The second-order valence-electron chi connectivity index (χ2n) is 18.5. The van der Waals surface area contributed by atoms with E-state index < -0.39 is 0 Å². The first-order valence-electron chi connectivity index (χ1n) is 23.6. The minimum Gasteiger partial charge on any atom is -0.307 e. The number of thiophene rings is 3. The van der Waals surface area contributed by atoms with E-state index in [0.29, 0.717) is 0 Å². The summed E-state index contributed by atoms with van der Waals surface area (Å²) in [5.74, 6) is 1.56. The molecule has 7 heterocycles. The van der Waals surface area contributed by atoms with Crippen LogP contribution in [0, 0.1) is 0 Å². The number of hydrogen-bond donors (Lipinski definition) is 0. The molecule has 0 aliphatic rings. The number of rotatable bonds is 3. The van der Waals surface area contributed by atoms with Crippen LogP contribution in [0.4, 0.5) is 0 Å². The maximum atomic E-state index is 6.04. The molecule has 0 fully saturated rings. The Morgan fingerprint density at radius 3 is 1.09 bits per heavy atom. The molecule has 0 saturated carbocycles. The lowest BCUT2D eigenvalue weighted by molar-refractivity contribution is 0.993. The van der Waals surface area contributed by atoms with E-state index in [-0.39, 0.29) is 0 Å². The van der Waals surface area contributed by atoms with Gasteiger partial charge < -0.3 is 4.57 Å². The predicted molar refractivity (Wildman–Crippen MR) is 301 cm³/mol. The number of benzene rings is 10. The summed E-state index contributed by atoms with van der Waals surface area (Å²) in [5.41, 5.74) is 9.33. The summed E-state index contributed by atoms with van der Waals surface area (Å²) < 4.78 is 14.9. The Labute approximate surface area is 409 Å². The molecule has 10 aromatic carbocycles. The third-order valence-electron chi connectivity index (χ3n) is 14.8. The normalized spacial score (nSPS) is 12.6. The third kappa shape index (κ3) is 4.94. The van der Waals surface area contributed by atoms with Crippen molar-refractivity contribution in [1.82, 2.24) is 23.7 Å². The molecule has 0 unspecified atom stereocenters. The molecule has 0 radical (unpaired) electrons. The minimum atomic E-state index is 0.776. The maximum absolute atomic E-state index is 6.04. The highest BCUT2D eigenvalue weighted by atomic mass is 32.1. The van der Waals surface area contributed by atoms with E-state index in [2.05, 4.69) is 214 Å². The molecule has 0 spiro atoms. The topological polar surface area (TPSA) is 40.6 Å². The Morgan fingerprint density at radius 1 is 0.257 bits per heavy atom. The number of aromatic nitrogens is 5. The van der Waals surface area contributed by atoms with Gasteiger partial charge in [-0.1, -0.05) is 115 Å². The van der Waals surface area contributed by atoms with E-state index in [1.54, 1.807) is 0 Å². The van der Waals surface area contributed by atoms with Gasteiger partial charge in [0.05, 0.1) is 44.3 Å². The molecule has 0 saturated heterocycles. The quantitative estimate of drug-likeness (QED) is 0.177. The van der Waals surface area contributed by atoms with Gasteiger partial charge in [0, 0.05) is 92.8 Å². The van der Waals surface area contributed by atoms with Crippen molar-refractivity contribution >= 4 is 171 Å². The number of hydrogen-bond acceptors (Lipinski definition) is 5. The monoisotopic (exact) mass is 943 g/mol. The molecule has 7 aromatic heterocycles. The fraction of sp³-hybridized carbons (Fsp3) is 0. The van der Waals surface area contributed by atoms with Crippen molar-refractivity contribution in [2.75, 3.05) is 0 Å². The van der Waals surface area contributed by atoms with Gasteiger partial charge in [-0.15, -0.1) is 34.0 Å². The van der Waals surface area contributed by atoms with Gasteiger partial charge in [-0.2, -0.15) is 0 Å². The van der Waals surface area contributed by atoms with Crippen LogP contribution < -0.4 is 0 Å². The first-order chi connectivity index (χ1) is 34.7. The average molecular weight is 944 g/mol. The Bertz CT molecular complexity index is 5150. The second kappa shape index (κ2) is 13.6. The van der Waals surface area contributed by atoms with Gasteiger partial charge >= 0.3 is 0 Å². The van der Waals surface area contributed by atoms with Gasteiger partial charge in [-0.25, -0.2) is 9.97 Å². The highest BCUT2D eigenvalue weighted by Gasteiger charge is 2.26. The van der Waals surface area contributed by atoms with Crippen molar-refractivity contribution in [3.63, 3.8) is 0 Å². The van der Waals surface area contributed by atoms with E-state index in [1.807, 2.05) is 34.0 Å². The molecule has 0 bridgehead atoms. The van der Waals surface area contributed by atoms with Crippen molar-refractivity contribution in [3.05, 3.63) is 200 Å². The summed E-state index contributed by atoms with van der Waals surface area (Å²) in [7, 11) is 0. The molecule has 8 heteroatoms. The van der Waals surface area contributed by atoms with E-state index in [4.69, 9.17) is 9.97 Å². The number of para-hydroxylation sites is 4. The Morgan fingerprint density at radius 2 is 0.629 bits per heavy atom. The SMILES string of the molecule is c1cc(-n2c3ccccc3c3cc4c(cc32)sc2ccccc24)c2nc(-n3c4ccccc4c4cc5c(cc43)sc3ccccc35)c(-n3c4ccccc4c4cc5c(cc43)sc3ccccc35)nc2c1. The number of nitrogens with zero attached hydrogens (tertiary/aromatic N) is 5. The molecule has 324 valence electrons. The van der Waals surface area contributed by atoms with Crippen LogP contribution in [0.15, 0.2) is 200 Å². The summed E-state index contributed by atoms with van der Waals surface area (Å²) in [6.45, 7) is 0. The van der Waals surface area contributed by atoms with E-state index in [1.165, 1.54) is 92.8 Å². The van der Waals surface area contributed by atoms with Crippen LogP contribution in [0.5, 0.6) is 0 Å². The molecule has 0 atom stereocenters. The van der Waals surface area contributed by atoms with Crippen molar-refractivity contribution in [3.8, 4) is 17.3 Å². The fourth-order valence-corrected chi connectivity index (χ4v) is 15.2. The minimum absolute atomic E-state index is 0.776. The van der Waals surface area contributed by atoms with Crippen molar-refractivity contribution in [1.29, 1.82) is 0 Å². The standard InChI is InChI=1S/C62H33N5S3/c1-7-21-47-34(14-1)40-28-43-37-17-4-10-25-54(37)68-57(43)31-51(40)65(47)50-24-13-20-46-60(50)64-62(67-49-23-9-3-16-36(49)42-30-45-39-19-6-12-27-56(39)70-59(45)33-53(42)67)61(63-46)66-48-22-8-2-15-35(48)41-29-44-38-18-5-11-26-55(38)69-58(44)32-52(41)66/h1-33H.